The first-order valence-electron chi connectivity index (χ1n) is 13.0. The van der Waals surface area contributed by atoms with E-state index in [1.807, 2.05) is 59.7 Å². The first-order valence-corrected chi connectivity index (χ1v) is 13.0. The van der Waals surface area contributed by atoms with Crippen molar-refractivity contribution in [3.8, 4) is 0 Å². The van der Waals surface area contributed by atoms with Gasteiger partial charge in [-0.15, -0.1) is 0 Å². The van der Waals surface area contributed by atoms with Crippen LogP contribution in [0.5, 0.6) is 0 Å². The molecule has 2 amide bonds. The molecular formula is C28H36BF2N3O4. The van der Waals surface area contributed by atoms with Gasteiger partial charge in [0.2, 0.25) is 17.8 Å². The number of alkyl halides is 1. The lowest BCUT2D eigenvalue weighted by atomic mass is 9.77. The van der Waals surface area contributed by atoms with Gasteiger partial charge >= 0.3 is 7.12 Å². The molecule has 3 heterocycles. The number of nitrogens with zero attached hydrogens (tertiary/aromatic N) is 2. The van der Waals surface area contributed by atoms with Gasteiger partial charge < -0.3 is 19.5 Å². The lowest BCUT2D eigenvalue weighted by molar-refractivity contribution is -0.137. The second-order valence-corrected chi connectivity index (χ2v) is 11.5. The minimum Gasteiger partial charge on any atom is -0.399 e. The lowest BCUT2D eigenvalue weighted by Gasteiger charge is -2.32. The Morgan fingerprint density at radius 3 is 2.37 bits per heavy atom. The van der Waals surface area contributed by atoms with Crippen LogP contribution in [0, 0.1) is 5.95 Å². The van der Waals surface area contributed by atoms with Gasteiger partial charge in [-0.1, -0.05) is 44.2 Å². The van der Waals surface area contributed by atoms with E-state index < -0.39 is 48.4 Å². The lowest BCUT2D eigenvalue weighted by Crippen LogP contribution is -2.46. The van der Waals surface area contributed by atoms with Crippen LogP contribution >= 0.6 is 0 Å². The highest BCUT2D eigenvalue weighted by Gasteiger charge is 2.51. The Morgan fingerprint density at radius 1 is 1.13 bits per heavy atom. The molecule has 2 fully saturated rings. The minimum atomic E-state index is -1.29. The Morgan fingerprint density at radius 2 is 1.79 bits per heavy atom. The van der Waals surface area contributed by atoms with Gasteiger partial charge in [-0.05, 0) is 50.7 Å². The van der Waals surface area contributed by atoms with Gasteiger partial charge in [0.25, 0.3) is 0 Å². The summed E-state index contributed by atoms with van der Waals surface area (Å²) < 4.78 is 41.5. The summed E-state index contributed by atoms with van der Waals surface area (Å²) >= 11 is 0. The van der Waals surface area contributed by atoms with Crippen LogP contribution in [0.2, 0.25) is 0 Å². The molecule has 10 heteroatoms. The summed E-state index contributed by atoms with van der Waals surface area (Å²) in [5.74, 6) is -1.59. The standard InChI is InChI=1S/C28H36BF2N3O4/c1-16(2)21-11-12-22(32-25(21)31)24(33-26(36)23-14-20(30)15-34(23)17(3)35)18-9-8-10-19(13-18)29-37-27(4,5)28(6,7)38-29/h8-13,16,20,23-24H,14-15H2,1-7H3,(H,33,36)/t20-,23+,24?/m1/s1. The van der Waals surface area contributed by atoms with E-state index in [0.717, 1.165) is 5.46 Å². The van der Waals surface area contributed by atoms with Gasteiger partial charge in [0.1, 0.15) is 12.2 Å². The van der Waals surface area contributed by atoms with Crippen molar-refractivity contribution in [1.82, 2.24) is 15.2 Å². The van der Waals surface area contributed by atoms with Crippen LogP contribution in [-0.2, 0) is 18.9 Å². The highest BCUT2D eigenvalue weighted by atomic mass is 19.1. The number of benzene rings is 1. The molecule has 0 radical (unpaired) electrons. The molecule has 0 saturated carbocycles. The zero-order chi connectivity index (χ0) is 28.0. The predicted molar refractivity (Wildman–Crippen MR) is 141 cm³/mol. The molecule has 0 aliphatic carbocycles. The summed E-state index contributed by atoms with van der Waals surface area (Å²) in [6.07, 6.45) is -1.39. The average molecular weight is 527 g/mol. The van der Waals surface area contributed by atoms with Crippen molar-refractivity contribution in [3.05, 3.63) is 59.2 Å². The second kappa shape index (κ2) is 10.4. The fourth-order valence-electron chi connectivity index (χ4n) is 4.86. The summed E-state index contributed by atoms with van der Waals surface area (Å²) in [5.41, 5.74) is 1.02. The molecule has 1 unspecified atom stereocenters. The van der Waals surface area contributed by atoms with Crippen LogP contribution in [0.1, 0.15) is 83.7 Å². The third-order valence-electron chi connectivity index (χ3n) is 7.83. The Bertz CT molecular complexity index is 1210. The molecule has 204 valence electrons. The van der Waals surface area contributed by atoms with Crippen molar-refractivity contribution < 1.29 is 27.7 Å². The maximum Gasteiger partial charge on any atom is 0.494 e. The molecule has 4 rings (SSSR count). The van der Waals surface area contributed by atoms with Gasteiger partial charge in [-0.25, -0.2) is 9.37 Å². The summed E-state index contributed by atoms with van der Waals surface area (Å²) in [6.45, 7) is 12.8. The maximum absolute atomic E-state index is 15.0. The van der Waals surface area contributed by atoms with Crippen molar-refractivity contribution in [2.75, 3.05) is 6.54 Å². The third kappa shape index (κ3) is 5.47. The maximum atomic E-state index is 15.0. The van der Waals surface area contributed by atoms with Gasteiger partial charge in [0, 0.05) is 18.9 Å². The van der Waals surface area contributed by atoms with Gasteiger partial charge in [0.15, 0.2) is 0 Å². The second-order valence-electron chi connectivity index (χ2n) is 11.5. The van der Waals surface area contributed by atoms with Crippen molar-refractivity contribution >= 4 is 24.4 Å². The normalized spacial score (nSPS) is 23.1. The smallest absolute Gasteiger partial charge is 0.399 e. The first-order chi connectivity index (χ1) is 17.7. The highest BCUT2D eigenvalue weighted by Crippen LogP contribution is 2.36. The van der Waals surface area contributed by atoms with Crippen LogP contribution in [0.25, 0.3) is 0 Å². The number of carbonyl (C=O) groups excluding carboxylic acids is 2. The molecule has 3 atom stereocenters. The van der Waals surface area contributed by atoms with Gasteiger partial charge in [-0.3, -0.25) is 9.59 Å². The molecule has 0 bridgehead atoms. The fourth-order valence-corrected chi connectivity index (χ4v) is 4.86. The topological polar surface area (TPSA) is 80.8 Å². The van der Waals surface area contributed by atoms with E-state index in [9.17, 15) is 18.4 Å². The van der Waals surface area contributed by atoms with Crippen LogP contribution in [0.3, 0.4) is 0 Å². The van der Waals surface area contributed by atoms with Crippen molar-refractivity contribution in [3.63, 3.8) is 0 Å². The molecule has 1 N–H and O–H groups in total. The van der Waals surface area contributed by atoms with E-state index in [1.54, 1.807) is 18.2 Å². The molecule has 2 saturated heterocycles. The Hall–Kier alpha value is -2.85. The number of likely N-dealkylation sites (tertiary alicyclic amines) is 1. The molecule has 1 aromatic heterocycles. The van der Waals surface area contributed by atoms with E-state index in [-0.39, 0.29) is 30.5 Å². The van der Waals surface area contributed by atoms with E-state index in [0.29, 0.717) is 11.1 Å². The van der Waals surface area contributed by atoms with Crippen LogP contribution in [-0.4, -0.2) is 58.8 Å². The molecule has 0 spiro atoms. The van der Waals surface area contributed by atoms with E-state index in [1.165, 1.54) is 11.8 Å². The summed E-state index contributed by atoms with van der Waals surface area (Å²) in [7, 11) is -0.639. The molecule has 2 aliphatic rings. The minimum absolute atomic E-state index is 0.0691. The number of halogens is 2. The Balaban J connectivity index is 1.71. The highest BCUT2D eigenvalue weighted by molar-refractivity contribution is 6.62. The Labute approximate surface area is 223 Å². The van der Waals surface area contributed by atoms with Crippen molar-refractivity contribution in [2.45, 2.75) is 90.3 Å². The molecule has 2 aliphatic heterocycles. The number of hydrogen-bond donors (Lipinski definition) is 1. The molecule has 1 aromatic carbocycles. The van der Waals surface area contributed by atoms with Crippen LogP contribution < -0.4 is 10.8 Å². The largest absolute Gasteiger partial charge is 0.494 e. The molecule has 38 heavy (non-hydrogen) atoms. The summed E-state index contributed by atoms with van der Waals surface area (Å²) in [6, 6.07) is 8.83. The van der Waals surface area contributed by atoms with Gasteiger partial charge in [0.05, 0.1) is 29.5 Å². The van der Waals surface area contributed by atoms with Crippen LogP contribution in [0.15, 0.2) is 36.4 Å². The Kier molecular flexibility index (Phi) is 7.69. The fraction of sp³-hybridized carbons (Fsp3) is 0.536. The zero-order valence-corrected chi connectivity index (χ0v) is 23.0. The number of rotatable bonds is 6. The van der Waals surface area contributed by atoms with Crippen molar-refractivity contribution in [2.24, 2.45) is 0 Å². The zero-order valence-electron chi connectivity index (χ0n) is 23.0. The van der Waals surface area contributed by atoms with E-state index in [4.69, 9.17) is 9.31 Å². The molecule has 7 nitrogen and oxygen atoms in total. The third-order valence-corrected chi connectivity index (χ3v) is 7.83. The number of amides is 2. The molecular weight excluding hydrogens is 491 g/mol. The predicted octanol–water partition coefficient (Wildman–Crippen LogP) is 3.81. The summed E-state index contributed by atoms with van der Waals surface area (Å²) in [4.78, 5) is 30.9. The SMILES string of the molecule is CC(=O)N1C[C@H](F)C[C@H]1C(=O)NC(c1cccc(B2OC(C)(C)C(C)(C)O2)c1)c1ccc(C(C)C)c(F)n1. The van der Waals surface area contributed by atoms with Crippen molar-refractivity contribution in [1.29, 1.82) is 0 Å². The number of hydrogen-bond acceptors (Lipinski definition) is 5. The quantitative estimate of drug-likeness (QED) is 0.457. The van der Waals surface area contributed by atoms with Gasteiger partial charge in [-0.2, -0.15) is 4.39 Å². The van der Waals surface area contributed by atoms with Crippen LogP contribution in [0.4, 0.5) is 8.78 Å². The first kappa shape index (κ1) is 28.2. The average Bonchev–Trinajstić information content (AvgIpc) is 3.33. The van der Waals surface area contributed by atoms with E-state index in [2.05, 4.69) is 10.3 Å². The number of carbonyl (C=O) groups is 2. The number of aromatic nitrogens is 1. The molecule has 2 aromatic rings. The number of pyridine rings is 1. The summed E-state index contributed by atoms with van der Waals surface area (Å²) in [5, 5.41) is 2.91. The number of nitrogens with one attached hydrogen (secondary N) is 1. The van der Waals surface area contributed by atoms with E-state index >= 15 is 0 Å². The monoisotopic (exact) mass is 527 g/mol.